The number of aromatic nitrogens is 2. The number of halogens is 1. The molecule has 0 unspecified atom stereocenters. The van der Waals surface area contributed by atoms with Gasteiger partial charge in [-0.25, -0.2) is 0 Å². The molecule has 2 rings (SSSR count). The first-order chi connectivity index (χ1) is 8.60. The summed E-state index contributed by atoms with van der Waals surface area (Å²) in [5.41, 5.74) is 4.28. The Kier molecular flexibility index (Phi) is 3.92. The van der Waals surface area contributed by atoms with E-state index in [1.54, 1.807) is 4.68 Å². The fourth-order valence-electron chi connectivity index (χ4n) is 2.03. The van der Waals surface area contributed by atoms with Crippen LogP contribution in [0.3, 0.4) is 0 Å². The first-order valence-corrected chi connectivity index (χ1v) is 6.41. The third kappa shape index (κ3) is 2.85. The van der Waals surface area contributed by atoms with Crippen molar-refractivity contribution in [3.63, 3.8) is 0 Å². The monoisotopic (exact) mass is 264 g/mol. The fourth-order valence-corrected chi connectivity index (χ4v) is 2.19. The van der Waals surface area contributed by atoms with Gasteiger partial charge in [0, 0.05) is 19.1 Å². The predicted octanol–water partition coefficient (Wildman–Crippen LogP) is 3.35. The maximum absolute atomic E-state index is 5.85. The van der Waals surface area contributed by atoms with Gasteiger partial charge in [-0.2, -0.15) is 5.10 Å². The van der Waals surface area contributed by atoms with Gasteiger partial charge in [0.1, 0.15) is 12.4 Å². The second-order valence-electron chi connectivity index (χ2n) is 4.46. The average molecular weight is 265 g/mol. The quantitative estimate of drug-likeness (QED) is 0.792. The number of nitrogens with zero attached hydrogens (tertiary/aromatic N) is 2. The Morgan fingerprint density at radius 1 is 1.28 bits per heavy atom. The lowest BCUT2D eigenvalue weighted by molar-refractivity contribution is 0.296. The Balaban J connectivity index is 2.14. The Morgan fingerprint density at radius 2 is 1.94 bits per heavy atom. The van der Waals surface area contributed by atoms with E-state index in [0.717, 1.165) is 28.1 Å². The molecular weight excluding hydrogens is 248 g/mol. The van der Waals surface area contributed by atoms with E-state index in [1.165, 1.54) is 0 Å². The predicted molar refractivity (Wildman–Crippen MR) is 73.0 cm³/mol. The normalized spacial score (nSPS) is 10.7. The van der Waals surface area contributed by atoms with Gasteiger partial charge in [0.05, 0.1) is 5.69 Å². The van der Waals surface area contributed by atoms with Crippen molar-refractivity contribution >= 4 is 11.6 Å². The minimum absolute atomic E-state index is 0.489. The van der Waals surface area contributed by atoms with Gasteiger partial charge in [-0.15, -0.1) is 11.6 Å². The van der Waals surface area contributed by atoms with E-state index in [9.17, 15) is 0 Å². The molecule has 0 fully saturated rings. The van der Waals surface area contributed by atoms with Crippen LogP contribution in [-0.4, -0.2) is 9.78 Å². The Bertz CT molecular complexity index is 525. The third-order valence-electron chi connectivity index (χ3n) is 2.81. The van der Waals surface area contributed by atoms with E-state index in [2.05, 4.69) is 17.2 Å². The van der Waals surface area contributed by atoms with Crippen LogP contribution in [0, 0.1) is 13.8 Å². The highest BCUT2D eigenvalue weighted by molar-refractivity contribution is 6.17. The topological polar surface area (TPSA) is 27.1 Å². The van der Waals surface area contributed by atoms with Crippen molar-refractivity contribution in [1.29, 1.82) is 0 Å². The maximum Gasteiger partial charge on any atom is 0.132 e. The number of alkyl halides is 1. The van der Waals surface area contributed by atoms with Gasteiger partial charge in [0.2, 0.25) is 0 Å². The van der Waals surface area contributed by atoms with E-state index in [0.29, 0.717) is 12.5 Å². The molecule has 18 heavy (non-hydrogen) atoms. The van der Waals surface area contributed by atoms with Crippen molar-refractivity contribution < 1.29 is 4.74 Å². The van der Waals surface area contributed by atoms with Crippen molar-refractivity contribution in [2.45, 2.75) is 26.3 Å². The SMILES string of the molecule is Cc1cc(CCl)cc(C)c1OCc1ccn(C)n1. The molecular formula is C14H17ClN2O. The standard InChI is InChI=1S/C14H17ClN2O/c1-10-6-12(8-15)7-11(2)14(10)18-9-13-4-5-17(3)16-13/h4-7H,8-9H2,1-3H3. The summed E-state index contributed by atoms with van der Waals surface area (Å²) in [5.74, 6) is 1.46. The van der Waals surface area contributed by atoms with Crippen LogP contribution in [0.2, 0.25) is 0 Å². The second kappa shape index (κ2) is 5.44. The van der Waals surface area contributed by atoms with Crippen LogP contribution in [0.4, 0.5) is 0 Å². The fraction of sp³-hybridized carbons (Fsp3) is 0.357. The molecule has 0 aliphatic heterocycles. The molecule has 0 amide bonds. The van der Waals surface area contributed by atoms with E-state index in [4.69, 9.17) is 16.3 Å². The zero-order chi connectivity index (χ0) is 13.1. The molecule has 0 spiro atoms. The van der Waals surface area contributed by atoms with Crippen LogP contribution in [0.1, 0.15) is 22.4 Å². The summed E-state index contributed by atoms with van der Waals surface area (Å²) in [6.07, 6.45) is 1.91. The molecule has 0 saturated carbocycles. The van der Waals surface area contributed by atoms with Crippen LogP contribution in [-0.2, 0) is 19.5 Å². The molecule has 4 heteroatoms. The van der Waals surface area contributed by atoms with Crippen molar-refractivity contribution in [3.05, 3.63) is 46.8 Å². The molecule has 3 nitrogen and oxygen atoms in total. The molecule has 1 aromatic heterocycles. The largest absolute Gasteiger partial charge is 0.487 e. The number of hydrogen-bond donors (Lipinski definition) is 0. The number of aryl methyl sites for hydroxylation is 3. The molecule has 1 heterocycles. The second-order valence-corrected chi connectivity index (χ2v) is 4.73. The molecule has 0 radical (unpaired) electrons. The molecule has 0 aliphatic rings. The van der Waals surface area contributed by atoms with Crippen molar-refractivity contribution in [2.75, 3.05) is 0 Å². The molecule has 0 bridgehead atoms. The highest BCUT2D eigenvalue weighted by Crippen LogP contribution is 2.26. The summed E-state index contributed by atoms with van der Waals surface area (Å²) in [7, 11) is 1.90. The Labute approximate surface area is 112 Å². The van der Waals surface area contributed by atoms with Crippen molar-refractivity contribution in [2.24, 2.45) is 7.05 Å². The van der Waals surface area contributed by atoms with E-state index in [-0.39, 0.29) is 0 Å². The lowest BCUT2D eigenvalue weighted by Crippen LogP contribution is -2.01. The summed E-state index contributed by atoms with van der Waals surface area (Å²) >= 11 is 5.85. The molecule has 0 saturated heterocycles. The van der Waals surface area contributed by atoms with Gasteiger partial charge < -0.3 is 4.74 Å². The van der Waals surface area contributed by atoms with Crippen LogP contribution in [0.15, 0.2) is 24.4 Å². The van der Waals surface area contributed by atoms with Gasteiger partial charge in [-0.3, -0.25) is 4.68 Å². The van der Waals surface area contributed by atoms with E-state index in [1.807, 2.05) is 33.2 Å². The molecule has 0 N–H and O–H groups in total. The lowest BCUT2D eigenvalue weighted by atomic mass is 10.1. The van der Waals surface area contributed by atoms with Gasteiger partial charge in [-0.05, 0) is 36.6 Å². The van der Waals surface area contributed by atoms with Crippen LogP contribution < -0.4 is 4.74 Å². The summed E-state index contributed by atoms with van der Waals surface area (Å²) < 4.78 is 7.62. The third-order valence-corrected chi connectivity index (χ3v) is 3.12. The van der Waals surface area contributed by atoms with Gasteiger partial charge in [0.25, 0.3) is 0 Å². The highest BCUT2D eigenvalue weighted by atomic mass is 35.5. The number of ether oxygens (including phenoxy) is 1. The van der Waals surface area contributed by atoms with Gasteiger partial charge in [-0.1, -0.05) is 12.1 Å². The number of rotatable bonds is 4. The van der Waals surface area contributed by atoms with Gasteiger partial charge >= 0.3 is 0 Å². The molecule has 2 aromatic rings. The highest BCUT2D eigenvalue weighted by Gasteiger charge is 2.07. The van der Waals surface area contributed by atoms with Gasteiger partial charge in [0.15, 0.2) is 0 Å². The molecule has 0 atom stereocenters. The van der Waals surface area contributed by atoms with E-state index >= 15 is 0 Å². The minimum Gasteiger partial charge on any atom is -0.487 e. The van der Waals surface area contributed by atoms with Crippen LogP contribution >= 0.6 is 11.6 Å². The summed E-state index contributed by atoms with van der Waals surface area (Å²) in [6.45, 7) is 4.57. The summed E-state index contributed by atoms with van der Waals surface area (Å²) in [4.78, 5) is 0. The van der Waals surface area contributed by atoms with E-state index < -0.39 is 0 Å². The van der Waals surface area contributed by atoms with Crippen molar-refractivity contribution in [3.8, 4) is 5.75 Å². The first kappa shape index (κ1) is 13.0. The van der Waals surface area contributed by atoms with Crippen molar-refractivity contribution in [1.82, 2.24) is 9.78 Å². The summed E-state index contributed by atoms with van der Waals surface area (Å²) in [6, 6.07) is 6.08. The maximum atomic E-state index is 5.85. The van der Waals surface area contributed by atoms with Crippen LogP contribution in [0.5, 0.6) is 5.75 Å². The zero-order valence-corrected chi connectivity index (χ0v) is 11.7. The lowest BCUT2D eigenvalue weighted by Gasteiger charge is -2.12. The zero-order valence-electron chi connectivity index (χ0n) is 10.9. The Morgan fingerprint density at radius 3 is 2.44 bits per heavy atom. The average Bonchev–Trinajstić information content (AvgIpc) is 2.73. The Hall–Kier alpha value is -1.48. The minimum atomic E-state index is 0.489. The number of benzene rings is 1. The van der Waals surface area contributed by atoms with Crippen LogP contribution in [0.25, 0.3) is 0 Å². The summed E-state index contributed by atoms with van der Waals surface area (Å²) in [5, 5.41) is 4.29. The first-order valence-electron chi connectivity index (χ1n) is 5.87. The molecule has 0 aliphatic carbocycles. The smallest absolute Gasteiger partial charge is 0.132 e. The molecule has 1 aromatic carbocycles. The molecule has 96 valence electrons. The number of hydrogen-bond acceptors (Lipinski definition) is 2.